The topological polar surface area (TPSA) is 56.6 Å². The van der Waals surface area contributed by atoms with Crippen LogP contribution in [-0.4, -0.2) is 28.3 Å². The first-order valence-corrected chi connectivity index (χ1v) is 7.28. The minimum atomic E-state index is -0.514. The Hall–Kier alpha value is -1.91. The predicted octanol–water partition coefficient (Wildman–Crippen LogP) is 2.52. The van der Waals surface area contributed by atoms with Gasteiger partial charge in [0, 0.05) is 13.1 Å². The van der Waals surface area contributed by atoms with Gasteiger partial charge in [0.2, 0.25) is 0 Å². The molecule has 2 N–H and O–H groups in total. The number of pyridine rings is 1. The van der Waals surface area contributed by atoms with Crippen LogP contribution < -0.4 is 4.90 Å². The number of benzene rings is 1. The van der Waals surface area contributed by atoms with E-state index in [-0.39, 0.29) is 6.61 Å². The van der Waals surface area contributed by atoms with E-state index in [4.69, 9.17) is 0 Å². The van der Waals surface area contributed by atoms with E-state index < -0.39 is 6.10 Å². The summed E-state index contributed by atoms with van der Waals surface area (Å²) >= 11 is 0. The molecule has 1 atom stereocenters. The Bertz CT molecular complexity index is 528. The number of hydrogen-bond donors (Lipinski definition) is 2. The predicted molar refractivity (Wildman–Crippen MR) is 84.1 cm³/mol. The normalized spacial score (nSPS) is 12.1. The van der Waals surface area contributed by atoms with Crippen LogP contribution in [0.3, 0.4) is 0 Å². The summed E-state index contributed by atoms with van der Waals surface area (Å²) in [6.07, 6.45) is 1.89. The monoisotopic (exact) mass is 286 g/mol. The molecule has 1 heterocycles. The molecule has 0 saturated heterocycles. The smallest absolute Gasteiger partial charge is 0.0957 e. The lowest BCUT2D eigenvalue weighted by Crippen LogP contribution is -2.26. The second kappa shape index (κ2) is 7.76. The SMILES string of the molecule is CCC(O)c1ccc(N(CCO)Cc2ccccc2)cn1. The van der Waals surface area contributed by atoms with E-state index in [1.165, 1.54) is 5.56 Å². The molecule has 0 bridgehead atoms. The van der Waals surface area contributed by atoms with E-state index in [0.29, 0.717) is 18.7 Å². The molecule has 0 aliphatic heterocycles. The number of aromatic nitrogens is 1. The summed E-state index contributed by atoms with van der Waals surface area (Å²) in [6.45, 7) is 3.28. The zero-order valence-corrected chi connectivity index (χ0v) is 12.3. The van der Waals surface area contributed by atoms with Gasteiger partial charge < -0.3 is 15.1 Å². The van der Waals surface area contributed by atoms with Gasteiger partial charge in [0.05, 0.1) is 30.3 Å². The maximum Gasteiger partial charge on any atom is 0.0957 e. The van der Waals surface area contributed by atoms with Gasteiger partial charge >= 0.3 is 0 Å². The molecule has 4 heteroatoms. The molecule has 1 aromatic carbocycles. The van der Waals surface area contributed by atoms with Crippen LogP contribution in [0.4, 0.5) is 5.69 Å². The van der Waals surface area contributed by atoms with Gasteiger partial charge in [0.25, 0.3) is 0 Å². The van der Waals surface area contributed by atoms with Crippen LogP contribution in [0.2, 0.25) is 0 Å². The Morgan fingerprint density at radius 2 is 1.90 bits per heavy atom. The van der Waals surface area contributed by atoms with Gasteiger partial charge in [0.1, 0.15) is 0 Å². The fourth-order valence-electron chi connectivity index (χ4n) is 2.21. The van der Waals surface area contributed by atoms with Crippen molar-refractivity contribution < 1.29 is 10.2 Å². The Morgan fingerprint density at radius 1 is 1.14 bits per heavy atom. The molecular formula is C17H22N2O2. The first kappa shape index (κ1) is 15.5. The molecule has 21 heavy (non-hydrogen) atoms. The molecule has 0 radical (unpaired) electrons. The zero-order valence-electron chi connectivity index (χ0n) is 12.3. The third-order valence-corrected chi connectivity index (χ3v) is 3.45. The highest BCUT2D eigenvalue weighted by atomic mass is 16.3. The maximum absolute atomic E-state index is 9.78. The van der Waals surface area contributed by atoms with Gasteiger partial charge in [0.15, 0.2) is 0 Å². The van der Waals surface area contributed by atoms with Crippen molar-refractivity contribution in [3.63, 3.8) is 0 Å². The van der Waals surface area contributed by atoms with Crippen LogP contribution in [0.1, 0.15) is 30.7 Å². The Labute approximate surface area is 125 Å². The van der Waals surface area contributed by atoms with Crippen LogP contribution in [0.5, 0.6) is 0 Å². The van der Waals surface area contributed by atoms with Crippen LogP contribution in [0.15, 0.2) is 48.7 Å². The fraction of sp³-hybridized carbons (Fsp3) is 0.353. The van der Waals surface area contributed by atoms with Crippen molar-refractivity contribution >= 4 is 5.69 Å². The average Bonchev–Trinajstić information content (AvgIpc) is 2.55. The molecule has 1 aromatic heterocycles. The highest BCUT2D eigenvalue weighted by Gasteiger charge is 2.10. The van der Waals surface area contributed by atoms with E-state index in [2.05, 4.69) is 22.0 Å². The summed E-state index contributed by atoms with van der Waals surface area (Å²) in [5.74, 6) is 0. The van der Waals surface area contributed by atoms with Gasteiger partial charge in [-0.2, -0.15) is 0 Å². The van der Waals surface area contributed by atoms with Crippen molar-refractivity contribution in [1.29, 1.82) is 0 Å². The van der Waals surface area contributed by atoms with Crippen LogP contribution in [-0.2, 0) is 6.54 Å². The largest absolute Gasteiger partial charge is 0.395 e. The minimum absolute atomic E-state index is 0.0895. The standard InChI is InChI=1S/C17H22N2O2/c1-2-17(21)16-9-8-15(12-18-16)19(10-11-20)13-14-6-4-3-5-7-14/h3-9,12,17,20-21H,2,10-11,13H2,1H3. The maximum atomic E-state index is 9.78. The number of anilines is 1. The number of aliphatic hydroxyl groups is 2. The Morgan fingerprint density at radius 3 is 2.48 bits per heavy atom. The minimum Gasteiger partial charge on any atom is -0.395 e. The first-order valence-electron chi connectivity index (χ1n) is 7.28. The highest BCUT2D eigenvalue weighted by Crippen LogP contribution is 2.20. The lowest BCUT2D eigenvalue weighted by Gasteiger charge is -2.24. The van der Waals surface area contributed by atoms with Crippen LogP contribution >= 0.6 is 0 Å². The van der Waals surface area contributed by atoms with Crippen molar-refractivity contribution in [2.45, 2.75) is 26.0 Å². The molecular weight excluding hydrogens is 264 g/mol. The summed E-state index contributed by atoms with van der Waals surface area (Å²) in [5, 5.41) is 19.0. The third kappa shape index (κ3) is 4.28. The van der Waals surface area contributed by atoms with Gasteiger partial charge in [-0.25, -0.2) is 0 Å². The summed E-state index contributed by atoms with van der Waals surface area (Å²) < 4.78 is 0. The quantitative estimate of drug-likeness (QED) is 0.821. The first-order chi connectivity index (χ1) is 10.2. The molecule has 0 aliphatic rings. The molecule has 0 spiro atoms. The molecule has 2 rings (SSSR count). The van der Waals surface area contributed by atoms with Crippen molar-refractivity contribution in [3.8, 4) is 0 Å². The molecule has 0 saturated carbocycles. The lowest BCUT2D eigenvalue weighted by atomic mass is 10.1. The van der Waals surface area contributed by atoms with Crippen molar-refractivity contribution in [2.75, 3.05) is 18.1 Å². The average molecular weight is 286 g/mol. The van der Waals surface area contributed by atoms with Gasteiger partial charge in [-0.15, -0.1) is 0 Å². The molecule has 1 unspecified atom stereocenters. The molecule has 0 fully saturated rings. The fourth-order valence-corrected chi connectivity index (χ4v) is 2.21. The Balaban J connectivity index is 2.14. The van der Waals surface area contributed by atoms with Crippen molar-refractivity contribution in [3.05, 3.63) is 59.9 Å². The lowest BCUT2D eigenvalue weighted by molar-refractivity contribution is 0.169. The molecule has 0 amide bonds. The third-order valence-electron chi connectivity index (χ3n) is 3.45. The van der Waals surface area contributed by atoms with Gasteiger partial charge in [-0.05, 0) is 24.1 Å². The van der Waals surface area contributed by atoms with Crippen LogP contribution in [0, 0.1) is 0 Å². The van der Waals surface area contributed by atoms with Gasteiger partial charge in [-0.1, -0.05) is 37.3 Å². The second-order valence-corrected chi connectivity index (χ2v) is 5.00. The van der Waals surface area contributed by atoms with E-state index in [1.807, 2.05) is 37.3 Å². The molecule has 2 aromatic rings. The Kier molecular flexibility index (Phi) is 5.72. The second-order valence-electron chi connectivity index (χ2n) is 5.00. The summed E-state index contributed by atoms with van der Waals surface area (Å²) in [7, 11) is 0. The van der Waals surface area contributed by atoms with E-state index >= 15 is 0 Å². The summed E-state index contributed by atoms with van der Waals surface area (Å²) in [4.78, 5) is 6.39. The highest BCUT2D eigenvalue weighted by molar-refractivity contribution is 5.45. The zero-order chi connectivity index (χ0) is 15.1. The number of rotatable bonds is 7. The van der Waals surface area contributed by atoms with E-state index in [9.17, 15) is 10.2 Å². The van der Waals surface area contributed by atoms with E-state index in [0.717, 1.165) is 12.2 Å². The summed E-state index contributed by atoms with van der Waals surface area (Å²) in [6, 6.07) is 13.9. The molecule has 0 aliphatic carbocycles. The number of nitrogens with zero attached hydrogens (tertiary/aromatic N) is 2. The molecule has 112 valence electrons. The summed E-state index contributed by atoms with van der Waals surface area (Å²) in [5.41, 5.74) is 2.81. The number of aliphatic hydroxyl groups excluding tert-OH is 2. The van der Waals surface area contributed by atoms with Gasteiger partial charge in [-0.3, -0.25) is 4.98 Å². The molecule has 4 nitrogen and oxygen atoms in total. The van der Waals surface area contributed by atoms with Crippen LogP contribution in [0.25, 0.3) is 0 Å². The number of hydrogen-bond acceptors (Lipinski definition) is 4. The van der Waals surface area contributed by atoms with Crippen molar-refractivity contribution in [2.24, 2.45) is 0 Å². The van der Waals surface area contributed by atoms with Crippen molar-refractivity contribution in [1.82, 2.24) is 4.98 Å². The van der Waals surface area contributed by atoms with E-state index in [1.54, 1.807) is 6.20 Å².